The van der Waals surface area contributed by atoms with Gasteiger partial charge in [-0.2, -0.15) is 11.8 Å². The van der Waals surface area contributed by atoms with Crippen LogP contribution in [-0.4, -0.2) is 43.4 Å². The van der Waals surface area contributed by atoms with E-state index in [9.17, 15) is 14.9 Å². The molecule has 0 saturated carbocycles. The lowest BCUT2D eigenvalue weighted by atomic mass is 10.1. The molecule has 0 aromatic heterocycles. The zero-order valence-corrected chi connectivity index (χ0v) is 16.0. The van der Waals surface area contributed by atoms with Crippen LogP contribution >= 0.6 is 11.8 Å². The third-order valence-corrected chi connectivity index (χ3v) is 4.75. The molecule has 144 valence electrons. The Kier molecular flexibility index (Phi) is 8.60. The van der Waals surface area contributed by atoms with Gasteiger partial charge in [0.1, 0.15) is 5.69 Å². The van der Waals surface area contributed by atoms with Crippen LogP contribution in [0.1, 0.15) is 15.9 Å². The van der Waals surface area contributed by atoms with Gasteiger partial charge in [-0.3, -0.25) is 14.9 Å². The van der Waals surface area contributed by atoms with E-state index in [-0.39, 0.29) is 17.2 Å². The van der Waals surface area contributed by atoms with Crippen LogP contribution in [0.4, 0.5) is 11.4 Å². The molecule has 0 unspecified atom stereocenters. The smallest absolute Gasteiger partial charge is 0.293 e. The minimum atomic E-state index is -0.498. The normalized spacial score (nSPS) is 10.4. The van der Waals surface area contributed by atoms with E-state index in [1.807, 2.05) is 18.2 Å². The Hall–Kier alpha value is -2.58. The minimum absolute atomic E-state index is 0.128. The number of nitrogens with zero attached hydrogens (tertiary/aromatic N) is 1. The summed E-state index contributed by atoms with van der Waals surface area (Å²) in [5.74, 6) is 1.32. The molecule has 0 radical (unpaired) electrons. The quantitative estimate of drug-likeness (QED) is 0.348. The van der Waals surface area contributed by atoms with Crippen LogP contribution in [0, 0.1) is 10.1 Å². The summed E-state index contributed by atoms with van der Waals surface area (Å²) in [7, 11) is 1.56. The summed E-state index contributed by atoms with van der Waals surface area (Å²) in [6.07, 6.45) is 0. The molecule has 27 heavy (non-hydrogen) atoms. The third kappa shape index (κ3) is 6.92. The number of methoxy groups -OCH3 is 1. The van der Waals surface area contributed by atoms with E-state index < -0.39 is 4.92 Å². The summed E-state index contributed by atoms with van der Waals surface area (Å²) in [6, 6.07) is 14.5. The fourth-order valence-corrected chi connectivity index (χ4v) is 3.18. The number of hydrogen-bond acceptors (Lipinski definition) is 6. The van der Waals surface area contributed by atoms with E-state index in [0.29, 0.717) is 25.4 Å². The molecule has 0 fully saturated rings. The van der Waals surface area contributed by atoms with Crippen molar-refractivity contribution in [1.82, 2.24) is 5.32 Å². The predicted molar refractivity (Wildman–Crippen MR) is 108 cm³/mol. The average molecular weight is 389 g/mol. The highest BCUT2D eigenvalue weighted by Crippen LogP contribution is 2.25. The number of ether oxygens (including phenoxy) is 1. The molecule has 0 spiro atoms. The fraction of sp³-hybridized carbons (Fsp3) is 0.316. The number of benzene rings is 2. The number of thioether (sulfide) groups is 1. The van der Waals surface area contributed by atoms with Gasteiger partial charge in [0.05, 0.1) is 11.5 Å². The topological polar surface area (TPSA) is 93.5 Å². The molecular formula is C19H23N3O4S. The van der Waals surface area contributed by atoms with Crippen molar-refractivity contribution in [3.63, 3.8) is 0 Å². The molecule has 0 atom stereocenters. The maximum absolute atomic E-state index is 12.2. The number of nitro groups is 1. The van der Waals surface area contributed by atoms with Gasteiger partial charge in [-0.25, -0.2) is 0 Å². The highest BCUT2D eigenvalue weighted by molar-refractivity contribution is 7.98. The van der Waals surface area contributed by atoms with E-state index >= 15 is 0 Å². The van der Waals surface area contributed by atoms with Crippen LogP contribution in [0.15, 0.2) is 48.5 Å². The van der Waals surface area contributed by atoms with E-state index in [1.165, 1.54) is 11.6 Å². The number of rotatable bonds is 11. The molecule has 8 heteroatoms. The number of carbonyl (C=O) groups is 1. The summed E-state index contributed by atoms with van der Waals surface area (Å²) < 4.78 is 4.92. The van der Waals surface area contributed by atoms with Crippen LogP contribution in [0.5, 0.6) is 0 Å². The second-order valence-corrected chi connectivity index (χ2v) is 6.81. The van der Waals surface area contributed by atoms with Crippen molar-refractivity contribution in [1.29, 1.82) is 0 Å². The van der Waals surface area contributed by atoms with Gasteiger partial charge in [0.2, 0.25) is 0 Å². The molecule has 2 rings (SSSR count). The Balaban J connectivity index is 1.84. The first-order valence-electron chi connectivity index (χ1n) is 8.53. The van der Waals surface area contributed by atoms with Crippen LogP contribution in [0.2, 0.25) is 0 Å². The average Bonchev–Trinajstić information content (AvgIpc) is 2.68. The van der Waals surface area contributed by atoms with E-state index in [0.717, 1.165) is 11.5 Å². The second-order valence-electron chi connectivity index (χ2n) is 5.70. The van der Waals surface area contributed by atoms with Crippen molar-refractivity contribution in [3.8, 4) is 0 Å². The Bertz CT molecular complexity index is 756. The molecule has 2 aromatic rings. The zero-order chi connectivity index (χ0) is 19.5. The number of hydrogen-bond donors (Lipinski definition) is 2. The monoisotopic (exact) mass is 389 g/mol. The highest BCUT2D eigenvalue weighted by Gasteiger charge is 2.17. The van der Waals surface area contributed by atoms with Crippen molar-refractivity contribution >= 4 is 29.0 Å². The van der Waals surface area contributed by atoms with Crippen LogP contribution in [0.25, 0.3) is 0 Å². The molecular weight excluding hydrogens is 366 g/mol. The largest absolute Gasteiger partial charge is 0.383 e. The Morgan fingerprint density at radius 3 is 2.67 bits per heavy atom. The van der Waals surface area contributed by atoms with E-state index in [4.69, 9.17) is 4.74 Å². The molecule has 0 aliphatic carbocycles. The van der Waals surface area contributed by atoms with Crippen molar-refractivity contribution in [2.75, 3.05) is 37.9 Å². The Morgan fingerprint density at radius 1 is 1.19 bits per heavy atom. The van der Waals surface area contributed by atoms with Crippen LogP contribution < -0.4 is 10.6 Å². The molecule has 0 aliphatic rings. The standard InChI is InChI=1S/C19H23N3O4S/c1-26-11-9-20-17-8-7-16(13-18(17)22(24)25)19(23)21-10-12-27-14-15-5-3-2-4-6-15/h2-8,13,20H,9-12,14H2,1H3,(H,21,23). The predicted octanol–water partition coefficient (Wildman–Crippen LogP) is 3.32. The van der Waals surface area contributed by atoms with Crippen molar-refractivity contribution in [3.05, 3.63) is 69.8 Å². The fourth-order valence-electron chi connectivity index (χ4n) is 2.36. The van der Waals surface area contributed by atoms with Gasteiger partial charge in [0.15, 0.2) is 0 Å². The Labute approximate surface area is 162 Å². The third-order valence-electron chi connectivity index (χ3n) is 3.72. The lowest BCUT2D eigenvalue weighted by molar-refractivity contribution is -0.384. The molecule has 7 nitrogen and oxygen atoms in total. The molecule has 0 bridgehead atoms. The first kappa shape index (κ1) is 20.7. The van der Waals surface area contributed by atoms with Gasteiger partial charge in [0.25, 0.3) is 11.6 Å². The van der Waals surface area contributed by atoms with Crippen molar-refractivity contribution < 1.29 is 14.5 Å². The maximum Gasteiger partial charge on any atom is 0.293 e. The molecule has 0 heterocycles. The molecule has 2 aromatic carbocycles. The maximum atomic E-state index is 12.2. The van der Waals surface area contributed by atoms with Gasteiger partial charge in [-0.1, -0.05) is 30.3 Å². The first-order valence-corrected chi connectivity index (χ1v) is 9.68. The SMILES string of the molecule is COCCNc1ccc(C(=O)NCCSCc2ccccc2)cc1[N+](=O)[O-]. The molecule has 0 aliphatic heterocycles. The summed E-state index contributed by atoms with van der Waals surface area (Å²) in [5, 5.41) is 17.0. The summed E-state index contributed by atoms with van der Waals surface area (Å²) in [6.45, 7) is 1.37. The minimum Gasteiger partial charge on any atom is -0.383 e. The number of amides is 1. The lowest BCUT2D eigenvalue weighted by Gasteiger charge is -2.09. The highest BCUT2D eigenvalue weighted by atomic mass is 32.2. The van der Waals surface area contributed by atoms with Crippen LogP contribution in [-0.2, 0) is 10.5 Å². The van der Waals surface area contributed by atoms with E-state index in [1.54, 1.807) is 31.0 Å². The molecule has 2 N–H and O–H groups in total. The molecule has 1 amide bonds. The first-order chi connectivity index (χ1) is 13.1. The van der Waals surface area contributed by atoms with E-state index in [2.05, 4.69) is 22.8 Å². The summed E-state index contributed by atoms with van der Waals surface area (Å²) in [4.78, 5) is 23.0. The summed E-state index contributed by atoms with van der Waals surface area (Å²) in [5.41, 5.74) is 1.75. The van der Waals surface area contributed by atoms with Gasteiger partial charge >= 0.3 is 0 Å². The number of carbonyl (C=O) groups excluding carboxylic acids is 1. The number of nitrogens with one attached hydrogen (secondary N) is 2. The van der Waals surface area contributed by atoms with Gasteiger partial charge in [-0.15, -0.1) is 0 Å². The lowest BCUT2D eigenvalue weighted by Crippen LogP contribution is -2.25. The van der Waals surface area contributed by atoms with Crippen molar-refractivity contribution in [2.24, 2.45) is 0 Å². The van der Waals surface area contributed by atoms with Gasteiger partial charge in [-0.05, 0) is 17.7 Å². The summed E-state index contributed by atoms with van der Waals surface area (Å²) >= 11 is 1.72. The number of nitro benzene ring substituents is 1. The Morgan fingerprint density at radius 2 is 1.96 bits per heavy atom. The second kappa shape index (κ2) is 11.2. The van der Waals surface area contributed by atoms with Gasteiger partial charge in [0, 0.05) is 43.3 Å². The van der Waals surface area contributed by atoms with Gasteiger partial charge < -0.3 is 15.4 Å². The number of anilines is 1. The molecule has 0 saturated heterocycles. The zero-order valence-electron chi connectivity index (χ0n) is 15.1. The van der Waals surface area contributed by atoms with Crippen molar-refractivity contribution in [2.45, 2.75) is 5.75 Å². The van der Waals surface area contributed by atoms with Crippen LogP contribution in [0.3, 0.4) is 0 Å².